The van der Waals surface area contributed by atoms with E-state index < -0.39 is 18.2 Å². The number of hydrogen-bond donors (Lipinski definition) is 4. The summed E-state index contributed by atoms with van der Waals surface area (Å²) in [6.45, 7) is -0.0726. The molecule has 1 heterocycles. The lowest BCUT2D eigenvalue weighted by atomic mass is 10.0. The third-order valence-corrected chi connectivity index (χ3v) is 4.58. The molecule has 1 aliphatic rings. The molecule has 3 atom stereocenters. The van der Waals surface area contributed by atoms with E-state index in [9.17, 15) is 15.0 Å². The van der Waals surface area contributed by atoms with Gasteiger partial charge in [-0.3, -0.25) is 9.79 Å². The van der Waals surface area contributed by atoms with Crippen LogP contribution in [0.4, 0.5) is 0 Å². The average molecular weight is 343 g/mol. The van der Waals surface area contributed by atoms with Gasteiger partial charge in [-0.05, 0) is 32.1 Å². The monoisotopic (exact) mass is 343 g/mol. The van der Waals surface area contributed by atoms with Gasteiger partial charge in [-0.15, -0.1) is 0 Å². The SMILES string of the molecule is O=C(CCCCO)CCCCCCCCC1=N[C@H](CO)[C@@H](O)[C@@H]1O. The van der Waals surface area contributed by atoms with E-state index in [1.165, 1.54) is 0 Å². The Labute approximate surface area is 144 Å². The first-order valence-corrected chi connectivity index (χ1v) is 9.26. The van der Waals surface area contributed by atoms with Crippen molar-refractivity contribution in [2.24, 2.45) is 4.99 Å². The number of ketones is 1. The van der Waals surface area contributed by atoms with Gasteiger partial charge < -0.3 is 20.4 Å². The number of carbonyl (C=O) groups excluding carboxylic acids is 1. The molecule has 0 aromatic heterocycles. The predicted octanol–water partition coefficient (Wildman–Crippen LogP) is 1.38. The smallest absolute Gasteiger partial charge is 0.132 e. The van der Waals surface area contributed by atoms with Crippen LogP contribution in [-0.2, 0) is 4.79 Å². The van der Waals surface area contributed by atoms with E-state index in [1.807, 2.05) is 0 Å². The highest BCUT2D eigenvalue weighted by molar-refractivity contribution is 5.91. The Kier molecular flexibility index (Phi) is 11.1. The van der Waals surface area contributed by atoms with Crippen molar-refractivity contribution in [1.82, 2.24) is 0 Å². The third kappa shape index (κ3) is 7.83. The van der Waals surface area contributed by atoms with Crippen LogP contribution in [0.3, 0.4) is 0 Å². The molecular formula is C18H33NO5. The van der Waals surface area contributed by atoms with E-state index in [0.29, 0.717) is 37.2 Å². The minimum absolute atomic E-state index is 0.163. The number of rotatable bonds is 14. The van der Waals surface area contributed by atoms with Gasteiger partial charge in [0.15, 0.2) is 0 Å². The van der Waals surface area contributed by atoms with Crippen LogP contribution < -0.4 is 0 Å². The summed E-state index contributed by atoms with van der Waals surface area (Å²) >= 11 is 0. The maximum absolute atomic E-state index is 11.6. The van der Waals surface area contributed by atoms with Crippen molar-refractivity contribution in [3.63, 3.8) is 0 Å². The van der Waals surface area contributed by atoms with Crippen molar-refractivity contribution >= 4 is 11.5 Å². The molecule has 0 amide bonds. The topological polar surface area (TPSA) is 110 Å². The van der Waals surface area contributed by atoms with E-state index in [2.05, 4.69) is 4.99 Å². The molecule has 0 saturated heterocycles. The molecule has 0 aromatic carbocycles. The maximum atomic E-state index is 11.6. The number of hydrogen-bond acceptors (Lipinski definition) is 6. The van der Waals surface area contributed by atoms with E-state index in [4.69, 9.17) is 10.2 Å². The molecule has 0 bridgehead atoms. The number of Topliss-reactive ketones (excluding diaryl/α,β-unsaturated/α-hetero) is 1. The van der Waals surface area contributed by atoms with Crippen LogP contribution in [0.2, 0.25) is 0 Å². The van der Waals surface area contributed by atoms with E-state index in [1.54, 1.807) is 0 Å². The molecule has 140 valence electrons. The summed E-state index contributed by atoms with van der Waals surface area (Å²) in [5.74, 6) is 0.300. The molecule has 0 aromatic rings. The van der Waals surface area contributed by atoms with Gasteiger partial charge in [-0.2, -0.15) is 0 Å². The summed E-state index contributed by atoms with van der Waals surface area (Å²) in [6, 6.07) is -0.579. The molecule has 0 unspecified atom stereocenters. The molecule has 6 nitrogen and oxygen atoms in total. The second-order valence-electron chi connectivity index (χ2n) is 6.65. The van der Waals surface area contributed by atoms with Gasteiger partial charge in [0.05, 0.1) is 6.61 Å². The van der Waals surface area contributed by atoms with Crippen LogP contribution in [0.25, 0.3) is 0 Å². The third-order valence-electron chi connectivity index (χ3n) is 4.58. The van der Waals surface area contributed by atoms with E-state index in [0.717, 1.165) is 44.9 Å². The van der Waals surface area contributed by atoms with Crippen LogP contribution in [-0.4, -0.2) is 63.4 Å². The van der Waals surface area contributed by atoms with E-state index >= 15 is 0 Å². The average Bonchev–Trinajstić information content (AvgIpc) is 2.85. The van der Waals surface area contributed by atoms with Crippen LogP contribution in [0, 0.1) is 0 Å². The molecule has 4 N–H and O–H groups in total. The Morgan fingerprint density at radius 3 is 2.04 bits per heavy atom. The Morgan fingerprint density at radius 2 is 1.46 bits per heavy atom. The Balaban J connectivity index is 1.97. The molecule has 0 aliphatic carbocycles. The minimum atomic E-state index is -0.972. The zero-order valence-corrected chi connectivity index (χ0v) is 14.6. The number of nitrogens with zero attached hydrogens (tertiary/aromatic N) is 1. The van der Waals surface area contributed by atoms with Crippen molar-refractivity contribution in [2.75, 3.05) is 13.2 Å². The molecule has 6 heteroatoms. The Hall–Kier alpha value is -0.820. The number of aliphatic imine (C=N–C) groups is 1. The molecule has 0 saturated carbocycles. The minimum Gasteiger partial charge on any atom is -0.396 e. The van der Waals surface area contributed by atoms with Gasteiger partial charge in [-0.1, -0.05) is 25.7 Å². The quantitative estimate of drug-likeness (QED) is 0.356. The van der Waals surface area contributed by atoms with Gasteiger partial charge in [0.25, 0.3) is 0 Å². The van der Waals surface area contributed by atoms with Crippen LogP contribution in [0.15, 0.2) is 4.99 Å². The standard InChI is InChI=1S/C18H33NO5/c20-12-8-7-10-14(22)9-5-3-1-2-4-6-11-15-17(23)18(24)16(13-21)19-15/h16-18,20-21,23-24H,1-13H2/t16-,17-,18-/m1/s1. The van der Waals surface area contributed by atoms with Gasteiger partial charge in [0, 0.05) is 25.2 Å². The first-order chi connectivity index (χ1) is 11.6. The molecular weight excluding hydrogens is 310 g/mol. The van der Waals surface area contributed by atoms with Crippen molar-refractivity contribution in [1.29, 1.82) is 0 Å². The molecule has 0 spiro atoms. The van der Waals surface area contributed by atoms with Gasteiger partial charge in [-0.25, -0.2) is 0 Å². The second-order valence-corrected chi connectivity index (χ2v) is 6.65. The lowest BCUT2D eigenvalue weighted by Gasteiger charge is -2.13. The molecule has 1 aliphatic heterocycles. The second kappa shape index (κ2) is 12.5. The lowest BCUT2D eigenvalue weighted by Crippen LogP contribution is -2.35. The highest BCUT2D eigenvalue weighted by atomic mass is 16.3. The Morgan fingerprint density at radius 1 is 0.875 bits per heavy atom. The highest BCUT2D eigenvalue weighted by Gasteiger charge is 2.35. The fraction of sp³-hybridized carbons (Fsp3) is 0.889. The van der Waals surface area contributed by atoms with Crippen LogP contribution in [0.1, 0.15) is 70.6 Å². The first-order valence-electron chi connectivity index (χ1n) is 9.26. The largest absolute Gasteiger partial charge is 0.396 e. The van der Waals surface area contributed by atoms with Crippen molar-refractivity contribution in [3.05, 3.63) is 0 Å². The predicted molar refractivity (Wildman–Crippen MR) is 93.2 cm³/mol. The van der Waals surface area contributed by atoms with Crippen molar-refractivity contribution in [2.45, 2.75) is 88.9 Å². The highest BCUT2D eigenvalue weighted by Crippen LogP contribution is 2.19. The molecule has 0 fully saturated rings. The van der Waals surface area contributed by atoms with E-state index in [-0.39, 0.29) is 13.2 Å². The first kappa shape index (κ1) is 21.2. The molecule has 0 radical (unpaired) electrons. The van der Waals surface area contributed by atoms with Crippen molar-refractivity contribution in [3.8, 4) is 0 Å². The Bertz CT molecular complexity index is 386. The zero-order valence-electron chi connectivity index (χ0n) is 14.6. The summed E-state index contributed by atoms with van der Waals surface area (Å²) in [7, 11) is 0. The van der Waals surface area contributed by atoms with Gasteiger partial charge in [0.1, 0.15) is 24.0 Å². The van der Waals surface area contributed by atoms with Gasteiger partial charge in [0.2, 0.25) is 0 Å². The normalized spacial score (nSPS) is 23.5. The number of aliphatic hydroxyl groups excluding tert-OH is 4. The van der Waals surface area contributed by atoms with Crippen LogP contribution in [0.5, 0.6) is 0 Å². The summed E-state index contributed by atoms with van der Waals surface area (Å²) in [5, 5.41) is 37.2. The maximum Gasteiger partial charge on any atom is 0.132 e. The zero-order chi connectivity index (χ0) is 17.8. The summed E-state index contributed by atoms with van der Waals surface area (Å²) in [5.41, 5.74) is 0.607. The molecule has 1 rings (SSSR count). The van der Waals surface area contributed by atoms with Crippen LogP contribution >= 0.6 is 0 Å². The number of aliphatic hydroxyl groups is 4. The summed E-state index contributed by atoms with van der Waals surface area (Å²) in [4.78, 5) is 15.7. The summed E-state index contributed by atoms with van der Waals surface area (Å²) in [6.07, 6.45) is 7.64. The number of carbonyl (C=O) groups is 1. The van der Waals surface area contributed by atoms with Gasteiger partial charge >= 0.3 is 0 Å². The molecule has 24 heavy (non-hydrogen) atoms. The fourth-order valence-electron chi connectivity index (χ4n) is 3.03. The fourth-order valence-corrected chi connectivity index (χ4v) is 3.03. The summed E-state index contributed by atoms with van der Waals surface area (Å²) < 4.78 is 0. The van der Waals surface area contributed by atoms with Crippen molar-refractivity contribution < 1.29 is 25.2 Å². The lowest BCUT2D eigenvalue weighted by molar-refractivity contribution is -0.119. The number of unbranched alkanes of at least 4 members (excludes halogenated alkanes) is 6.